The second-order valence-corrected chi connectivity index (χ2v) is 6.97. The monoisotopic (exact) mass is 381 g/mol. The molecule has 5 nitrogen and oxygen atoms in total. The summed E-state index contributed by atoms with van der Waals surface area (Å²) in [5.41, 5.74) is 1.95. The van der Waals surface area contributed by atoms with Crippen molar-refractivity contribution in [1.82, 2.24) is 4.37 Å². The zero-order chi connectivity index (χ0) is 18.4. The third-order valence-corrected chi connectivity index (χ3v) is 5.41. The molecule has 26 heavy (non-hydrogen) atoms. The van der Waals surface area contributed by atoms with E-state index in [1.165, 1.54) is 23.3 Å². The molecule has 0 amide bonds. The van der Waals surface area contributed by atoms with E-state index in [-0.39, 0.29) is 11.5 Å². The Kier molecular flexibility index (Phi) is 5.89. The van der Waals surface area contributed by atoms with E-state index in [0.29, 0.717) is 21.2 Å². The standard InChI is InChI=1S/C19H15N3O2S2/c1-24-15-9-7-14(8-10-15)21-18-16(11-20)19(22-26-18)25-12-17(23)13-5-3-2-4-6-13/h2-10,21H,12H2,1H3. The van der Waals surface area contributed by atoms with Crippen LogP contribution in [0, 0.1) is 11.3 Å². The predicted molar refractivity (Wildman–Crippen MR) is 105 cm³/mol. The van der Waals surface area contributed by atoms with E-state index in [4.69, 9.17) is 4.74 Å². The Labute approximate surface area is 159 Å². The smallest absolute Gasteiger partial charge is 0.173 e. The van der Waals surface area contributed by atoms with Crippen LogP contribution in [0.3, 0.4) is 0 Å². The number of nitrogens with one attached hydrogen (secondary N) is 1. The van der Waals surface area contributed by atoms with Gasteiger partial charge in [-0.2, -0.15) is 9.64 Å². The van der Waals surface area contributed by atoms with E-state index in [9.17, 15) is 10.1 Å². The number of ketones is 1. The van der Waals surface area contributed by atoms with Crippen molar-refractivity contribution >= 4 is 39.8 Å². The molecule has 1 heterocycles. The van der Waals surface area contributed by atoms with Gasteiger partial charge in [0, 0.05) is 11.3 Å². The van der Waals surface area contributed by atoms with E-state index in [2.05, 4.69) is 15.8 Å². The van der Waals surface area contributed by atoms with Crippen molar-refractivity contribution in [2.45, 2.75) is 5.03 Å². The highest BCUT2D eigenvalue weighted by Crippen LogP contribution is 2.33. The molecule has 0 aliphatic rings. The van der Waals surface area contributed by atoms with Crippen LogP contribution in [-0.2, 0) is 0 Å². The van der Waals surface area contributed by atoms with E-state index in [1.807, 2.05) is 42.5 Å². The molecule has 0 radical (unpaired) electrons. The molecule has 0 unspecified atom stereocenters. The van der Waals surface area contributed by atoms with Gasteiger partial charge in [-0.05, 0) is 35.8 Å². The van der Waals surface area contributed by atoms with E-state index >= 15 is 0 Å². The maximum Gasteiger partial charge on any atom is 0.173 e. The molecule has 1 aromatic heterocycles. The van der Waals surface area contributed by atoms with Gasteiger partial charge in [0.05, 0.1) is 12.9 Å². The molecule has 0 fully saturated rings. The number of carbonyl (C=O) groups is 1. The van der Waals surface area contributed by atoms with Crippen LogP contribution in [0.2, 0.25) is 0 Å². The number of carbonyl (C=O) groups excluding carboxylic acids is 1. The quantitative estimate of drug-likeness (QED) is 0.470. The van der Waals surface area contributed by atoms with Crippen molar-refractivity contribution in [2.24, 2.45) is 0 Å². The number of benzene rings is 2. The molecule has 0 spiro atoms. The van der Waals surface area contributed by atoms with Gasteiger partial charge in [0.15, 0.2) is 5.78 Å². The van der Waals surface area contributed by atoms with Gasteiger partial charge < -0.3 is 10.1 Å². The molecule has 7 heteroatoms. The normalized spacial score (nSPS) is 10.2. The van der Waals surface area contributed by atoms with Gasteiger partial charge in [-0.15, -0.1) is 0 Å². The molecule has 1 N–H and O–H groups in total. The number of methoxy groups -OCH3 is 1. The Bertz CT molecular complexity index is 932. The SMILES string of the molecule is COc1ccc(Nc2snc(SCC(=O)c3ccccc3)c2C#N)cc1. The molecule has 0 saturated carbocycles. The molecule has 0 saturated heterocycles. The minimum atomic E-state index is 0.0113. The number of Topliss-reactive ketones (excluding diaryl/α,β-unsaturated/α-hetero) is 1. The highest BCUT2D eigenvalue weighted by atomic mass is 32.2. The van der Waals surface area contributed by atoms with E-state index in [0.717, 1.165) is 11.4 Å². The zero-order valence-electron chi connectivity index (χ0n) is 13.9. The summed E-state index contributed by atoms with van der Waals surface area (Å²) in [7, 11) is 1.61. The first-order chi connectivity index (χ1) is 12.7. The van der Waals surface area contributed by atoms with Gasteiger partial charge in [0.25, 0.3) is 0 Å². The molecular weight excluding hydrogens is 366 g/mol. The molecular formula is C19H15N3O2S2. The summed E-state index contributed by atoms with van der Waals surface area (Å²) >= 11 is 2.49. The topological polar surface area (TPSA) is 75.0 Å². The third kappa shape index (κ3) is 4.23. The summed E-state index contributed by atoms with van der Waals surface area (Å²) in [6.07, 6.45) is 0. The minimum absolute atomic E-state index is 0.0113. The Morgan fingerprint density at radius 3 is 2.62 bits per heavy atom. The van der Waals surface area contributed by atoms with E-state index in [1.54, 1.807) is 19.2 Å². The molecule has 0 aliphatic carbocycles. The second kappa shape index (κ2) is 8.52. The maximum absolute atomic E-state index is 12.2. The van der Waals surface area contributed by atoms with Crippen LogP contribution in [0.1, 0.15) is 15.9 Å². The van der Waals surface area contributed by atoms with Crippen molar-refractivity contribution in [3.63, 3.8) is 0 Å². The third-order valence-electron chi connectivity index (χ3n) is 3.56. The van der Waals surface area contributed by atoms with Crippen LogP contribution < -0.4 is 10.1 Å². The van der Waals surface area contributed by atoms with Gasteiger partial charge in [0.2, 0.25) is 0 Å². The molecule has 130 valence electrons. The van der Waals surface area contributed by atoms with Crippen LogP contribution in [-0.4, -0.2) is 23.0 Å². The Morgan fingerprint density at radius 1 is 1.23 bits per heavy atom. The van der Waals surface area contributed by atoms with Crippen LogP contribution >= 0.6 is 23.3 Å². The number of nitriles is 1. The van der Waals surface area contributed by atoms with Crippen molar-refractivity contribution in [3.05, 3.63) is 65.7 Å². The second-order valence-electron chi connectivity index (χ2n) is 5.24. The van der Waals surface area contributed by atoms with Crippen LogP contribution in [0.15, 0.2) is 59.6 Å². The van der Waals surface area contributed by atoms with Crippen molar-refractivity contribution in [1.29, 1.82) is 5.26 Å². The highest BCUT2D eigenvalue weighted by Gasteiger charge is 2.16. The zero-order valence-corrected chi connectivity index (χ0v) is 15.6. The maximum atomic E-state index is 12.2. The lowest BCUT2D eigenvalue weighted by Gasteiger charge is -2.05. The van der Waals surface area contributed by atoms with E-state index < -0.39 is 0 Å². The van der Waals surface area contributed by atoms with Crippen molar-refractivity contribution in [2.75, 3.05) is 18.2 Å². The number of aromatic nitrogens is 1. The Hall–Kier alpha value is -2.82. The summed E-state index contributed by atoms with van der Waals surface area (Å²) in [6, 6.07) is 18.7. The average molecular weight is 381 g/mol. The summed E-state index contributed by atoms with van der Waals surface area (Å²) in [5, 5.41) is 13.9. The van der Waals surface area contributed by atoms with Crippen LogP contribution in [0.25, 0.3) is 0 Å². The fourth-order valence-corrected chi connectivity index (χ4v) is 3.98. The first kappa shape index (κ1) is 18.0. The number of rotatable bonds is 7. The van der Waals surface area contributed by atoms with Crippen LogP contribution in [0.4, 0.5) is 10.7 Å². The number of hydrogen-bond donors (Lipinski definition) is 1. The number of ether oxygens (including phenoxy) is 1. The summed E-state index contributed by atoms with van der Waals surface area (Å²) in [5.74, 6) is 1.01. The molecule has 2 aromatic carbocycles. The Morgan fingerprint density at radius 2 is 1.96 bits per heavy atom. The summed E-state index contributed by atoms with van der Waals surface area (Å²) in [6.45, 7) is 0. The largest absolute Gasteiger partial charge is 0.497 e. The fraction of sp³-hybridized carbons (Fsp3) is 0.105. The number of hydrogen-bond acceptors (Lipinski definition) is 7. The highest BCUT2D eigenvalue weighted by molar-refractivity contribution is 8.00. The lowest BCUT2D eigenvalue weighted by atomic mass is 10.2. The lowest BCUT2D eigenvalue weighted by Crippen LogP contribution is -2.02. The van der Waals surface area contributed by atoms with Gasteiger partial charge in [-0.1, -0.05) is 42.1 Å². The van der Waals surface area contributed by atoms with Gasteiger partial charge >= 0.3 is 0 Å². The molecule has 3 rings (SSSR count). The summed E-state index contributed by atoms with van der Waals surface area (Å²) in [4.78, 5) is 12.2. The first-order valence-corrected chi connectivity index (χ1v) is 9.49. The molecule has 0 bridgehead atoms. The van der Waals surface area contributed by atoms with Gasteiger partial charge in [0.1, 0.15) is 27.4 Å². The number of thioether (sulfide) groups is 1. The minimum Gasteiger partial charge on any atom is -0.497 e. The number of anilines is 2. The predicted octanol–water partition coefficient (Wildman–Crippen LogP) is 4.74. The molecule has 0 aliphatic heterocycles. The van der Waals surface area contributed by atoms with Gasteiger partial charge in [-0.3, -0.25) is 4.79 Å². The lowest BCUT2D eigenvalue weighted by molar-refractivity contribution is 0.102. The first-order valence-electron chi connectivity index (χ1n) is 7.73. The Balaban J connectivity index is 1.69. The fourth-order valence-electron chi connectivity index (χ4n) is 2.20. The summed E-state index contributed by atoms with van der Waals surface area (Å²) < 4.78 is 9.46. The van der Waals surface area contributed by atoms with Crippen LogP contribution in [0.5, 0.6) is 5.75 Å². The van der Waals surface area contributed by atoms with Crippen molar-refractivity contribution in [3.8, 4) is 11.8 Å². The molecule has 3 aromatic rings. The van der Waals surface area contributed by atoms with Crippen molar-refractivity contribution < 1.29 is 9.53 Å². The van der Waals surface area contributed by atoms with Gasteiger partial charge in [-0.25, -0.2) is 0 Å². The molecule has 0 atom stereocenters. The number of nitrogens with zero attached hydrogens (tertiary/aromatic N) is 2. The average Bonchev–Trinajstić information content (AvgIpc) is 3.08.